The van der Waals surface area contributed by atoms with Crippen LogP contribution in [-0.2, 0) is 19.1 Å². The average molecular weight is 454 g/mol. The van der Waals surface area contributed by atoms with Crippen molar-refractivity contribution in [3.8, 4) is 0 Å². The minimum Gasteiger partial charge on any atom is -0.454 e. The van der Waals surface area contributed by atoms with Crippen LogP contribution in [0.4, 0.5) is 5.69 Å². The summed E-state index contributed by atoms with van der Waals surface area (Å²) in [7, 11) is 1.45. The van der Waals surface area contributed by atoms with Crippen LogP contribution in [0.1, 0.15) is 35.3 Å². The summed E-state index contributed by atoms with van der Waals surface area (Å²) in [6.07, 6.45) is 0. The second kappa shape index (κ2) is 11.8. The molecule has 2 aromatic carbocycles. The molecule has 0 spiro atoms. The van der Waals surface area contributed by atoms with E-state index >= 15 is 0 Å². The van der Waals surface area contributed by atoms with E-state index in [2.05, 4.69) is 10.6 Å². The van der Waals surface area contributed by atoms with Crippen molar-refractivity contribution in [2.75, 3.05) is 25.5 Å². The summed E-state index contributed by atoms with van der Waals surface area (Å²) < 4.78 is 5.15. The van der Waals surface area contributed by atoms with Crippen molar-refractivity contribution < 1.29 is 23.9 Å². The van der Waals surface area contributed by atoms with E-state index in [1.807, 2.05) is 32.0 Å². The first-order valence-electron chi connectivity index (χ1n) is 10.7. The predicted octanol–water partition coefficient (Wildman–Crippen LogP) is 2.70. The maximum absolute atomic E-state index is 12.5. The van der Waals surface area contributed by atoms with Crippen LogP contribution in [0.15, 0.2) is 48.5 Å². The van der Waals surface area contributed by atoms with E-state index in [0.29, 0.717) is 11.3 Å². The van der Waals surface area contributed by atoms with Crippen molar-refractivity contribution in [1.29, 1.82) is 0 Å². The van der Waals surface area contributed by atoms with Crippen LogP contribution in [0.3, 0.4) is 0 Å². The van der Waals surface area contributed by atoms with E-state index in [4.69, 9.17) is 4.74 Å². The van der Waals surface area contributed by atoms with Gasteiger partial charge in [-0.2, -0.15) is 0 Å². The van der Waals surface area contributed by atoms with Crippen molar-refractivity contribution in [2.24, 2.45) is 5.92 Å². The molecule has 0 radical (unpaired) electrons. The lowest BCUT2D eigenvalue weighted by atomic mass is 10.0. The van der Waals surface area contributed by atoms with Crippen molar-refractivity contribution >= 4 is 29.4 Å². The number of likely N-dealkylation sites (N-methyl/N-ethyl adjacent to an activating group) is 1. The molecule has 0 aliphatic carbocycles. The Bertz CT molecular complexity index is 1000. The smallest absolute Gasteiger partial charge is 0.329 e. The fourth-order valence-corrected chi connectivity index (χ4v) is 2.98. The number of carbonyl (C=O) groups excluding carboxylic acids is 4. The number of anilines is 1. The van der Waals surface area contributed by atoms with Crippen molar-refractivity contribution in [3.05, 3.63) is 65.2 Å². The highest BCUT2D eigenvalue weighted by Crippen LogP contribution is 2.10. The van der Waals surface area contributed by atoms with E-state index in [-0.39, 0.29) is 18.4 Å². The van der Waals surface area contributed by atoms with Gasteiger partial charge in [-0.1, -0.05) is 49.2 Å². The largest absolute Gasteiger partial charge is 0.454 e. The van der Waals surface area contributed by atoms with Gasteiger partial charge in [-0.05, 0) is 44.0 Å². The van der Waals surface area contributed by atoms with Gasteiger partial charge >= 0.3 is 5.97 Å². The molecule has 0 bridgehead atoms. The number of carbonyl (C=O) groups is 4. The lowest BCUT2D eigenvalue weighted by molar-refractivity contribution is -0.154. The molecule has 0 heterocycles. The summed E-state index contributed by atoms with van der Waals surface area (Å²) in [5.41, 5.74) is 3.05. The van der Waals surface area contributed by atoms with Gasteiger partial charge in [0.05, 0.1) is 6.54 Å². The molecule has 3 amide bonds. The monoisotopic (exact) mass is 453 g/mol. The Kier molecular flexibility index (Phi) is 9.15. The number of nitrogens with one attached hydrogen (secondary N) is 2. The van der Waals surface area contributed by atoms with Crippen molar-refractivity contribution in [2.45, 2.75) is 33.7 Å². The van der Waals surface area contributed by atoms with Crippen LogP contribution in [0.25, 0.3) is 0 Å². The van der Waals surface area contributed by atoms with E-state index in [0.717, 1.165) is 11.1 Å². The number of amides is 3. The molecule has 8 nitrogen and oxygen atoms in total. The molecule has 8 heteroatoms. The molecule has 0 fully saturated rings. The van der Waals surface area contributed by atoms with Crippen LogP contribution in [0.5, 0.6) is 0 Å². The van der Waals surface area contributed by atoms with Crippen LogP contribution in [-0.4, -0.2) is 54.8 Å². The second-order valence-electron chi connectivity index (χ2n) is 8.34. The number of nitrogens with zero attached hydrogens (tertiary/aromatic N) is 1. The summed E-state index contributed by atoms with van der Waals surface area (Å²) >= 11 is 0. The zero-order chi connectivity index (χ0) is 24.5. The first kappa shape index (κ1) is 25.6. The highest BCUT2D eigenvalue weighted by molar-refractivity contribution is 5.97. The van der Waals surface area contributed by atoms with Crippen LogP contribution >= 0.6 is 0 Å². The molecule has 2 rings (SSSR count). The summed E-state index contributed by atoms with van der Waals surface area (Å²) in [5, 5.41) is 5.38. The molecule has 2 aromatic rings. The number of hydrogen-bond donors (Lipinski definition) is 2. The Morgan fingerprint density at radius 1 is 0.970 bits per heavy atom. The van der Waals surface area contributed by atoms with Gasteiger partial charge in [0.15, 0.2) is 6.61 Å². The van der Waals surface area contributed by atoms with E-state index in [9.17, 15) is 19.2 Å². The fraction of sp³-hybridized carbons (Fsp3) is 0.360. The zero-order valence-corrected chi connectivity index (χ0v) is 19.7. The van der Waals surface area contributed by atoms with Crippen molar-refractivity contribution in [3.63, 3.8) is 0 Å². The summed E-state index contributed by atoms with van der Waals surface area (Å²) in [6.45, 7) is 6.63. The Balaban J connectivity index is 1.86. The molecule has 0 saturated heterocycles. The molecular formula is C25H31N3O5. The molecule has 0 saturated carbocycles. The third kappa shape index (κ3) is 8.07. The maximum atomic E-state index is 12.5. The number of benzene rings is 2. The van der Waals surface area contributed by atoms with Gasteiger partial charge < -0.3 is 20.3 Å². The van der Waals surface area contributed by atoms with Gasteiger partial charge in [0.1, 0.15) is 6.04 Å². The van der Waals surface area contributed by atoms with Gasteiger partial charge in [0.2, 0.25) is 5.91 Å². The average Bonchev–Trinajstić information content (AvgIpc) is 2.76. The van der Waals surface area contributed by atoms with Crippen LogP contribution in [0.2, 0.25) is 0 Å². The van der Waals surface area contributed by atoms with Gasteiger partial charge in [-0.3, -0.25) is 14.4 Å². The molecule has 176 valence electrons. The van der Waals surface area contributed by atoms with Gasteiger partial charge in [-0.15, -0.1) is 0 Å². The minimum absolute atomic E-state index is 0.192. The SMILES string of the molecule is Cc1ccc(NC(=O)CN(C)C(=O)COC(=O)C(NC(=O)c2cccc(C)c2)C(C)C)cc1. The van der Waals surface area contributed by atoms with Gasteiger partial charge in [0.25, 0.3) is 11.8 Å². The molecule has 1 unspecified atom stereocenters. The maximum Gasteiger partial charge on any atom is 0.329 e. The number of esters is 1. The Morgan fingerprint density at radius 3 is 2.24 bits per heavy atom. The van der Waals surface area contributed by atoms with Crippen LogP contribution < -0.4 is 10.6 Å². The number of rotatable bonds is 9. The van der Waals surface area contributed by atoms with Gasteiger partial charge in [-0.25, -0.2) is 4.79 Å². The summed E-state index contributed by atoms with van der Waals surface area (Å²) in [5.74, 6) is -2.26. The van der Waals surface area contributed by atoms with E-state index in [1.165, 1.54) is 11.9 Å². The number of hydrogen-bond acceptors (Lipinski definition) is 5. The lowest BCUT2D eigenvalue weighted by Crippen LogP contribution is -2.46. The molecule has 0 aliphatic heterocycles. The highest BCUT2D eigenvalue weighted by atomic mass is 16.5. The summed E-state index contributed by atoms with van der Waals surface area (Å²) in [6, 6.07) is 13.4. The standard InChI is InChI=1S/C25H31N3O5/c1-16(2)23(27-24(31)19-8-6-7-18(4)13-19)25(32)33-15-22(30)28(5)14-21(29)26-20-11-9-17(3)10-12-20/h6-13,16,23H,14-15H2,1-5H3,(H,26,29)(H,27,31). The van der Waals surface area contributed by atoms with Crippen molar-refractivity contribution in [1.82, 2.24) is 10.2 Å². The Labute approximate surface area is 194 Å². The Morgan fingerprint density at radius 2 is 1.64 bits per heavy atom. The van der Waals surface area contributed by atoms with E-state index < -0.39 is 30.4 Å². The molecule has 33 heavy (non-hydrogen) atoms. The number of aryl methyl sites for hydroxylation is 2. The zero-order valence-electron chi connectivity index (χ0n) is 19.7. The molecular weight excluding hydrogens is 422 g/mol. The number of ether oxygens (including phenoxy) is 1. The second-order valence-corrected chi connectivity index (χ2v) is 8.34. The molecule has 1 atom stereocenters. The fourth-order valence-electron chi connectivity index (χ4n) is 2.98. The molecule has 0 aromatic heterocycles. The Hall–Kier alpha value is -3.68. The topological polar surface area (TPSA) is 105 Å². The third-order valence-corrected chi connectivity index (χ3v) is 4.97. The quantitative estimate of drug-likeness (QED) is 0.568. The van der Waals surface area contributed by atoms with Crippen LogP contribution in [0, 0.1) is 19.8 Å². The normalized spacial score (nSPS) is 11.5. The lowest BCUT2D eigenvalue weighted by Gasteiger charge is -2.22. The third-order valence-electron chi connectivity index (χ3n) is 4.97. The van der Waals surface area contributed by atoms with E-state index in [1.54, 1.807) is 44.2 Å². The minimum atomic E-state index is -0.916. The first-order valence-corrected chi connectivity index (χ1v) is 10.7. The highest BCUT2D eigenvalue weighted by Gasteiger charge is 2.27. The first-order chi connectivity index (χ1) is 15.6. The van der Waals surface area contributed by atoms with Gasteiger partial charge in [0, 0.05) is 18.3 Å². The summed E-state index contributed by atoms with van der Waals surface area (Å²) in [4.78, 5) is 50.7. The molecule has 2 N–H and O–H groups in total. The molecule has 0 aliphatic rings. The predicted molar refractivity (Wildman–Crippen MR) is 126 cm³/mol.